The Bertz CT molecular complexity index is 893. The lowest BCUT2D eigenvalue weighted by atomic mass is 10.0. The second kappa shape index (κ2) is 5.49. The lowest BCUT2D eigenvalue weighted by Crippen LogP contribution is -2.29. The number of anilines is 1. The van der Waals surface area contributed by atoms with Crippen molar-refractivity contribution in [2.45, 2.75) is 6.54 Å². The van der Waals surface area contributed by atoms with Gasteiger partial charge in [0, 0.05) is 6.54 Å². The largest absolute Gasteiger partial charge is 0.506 e. The van der Waals surface area contributed by atoms with E-state index in [1.54, 1.807) is 6.07 Å². The van der Waals surface area contributed by atoms with Crippen LogP contribution in [0.4, 0.5) is 5.69 Å². The van der Waals surface area contributed by atoms with Crippen molar-refractivity contribution in [2.75, 3.05) is 4.31 Å². The predicted octanol–water partition coefficient (Wildman–Crippen LogP) is 1.53. The monoisotopic (exact) mass is 333 g/mol. The van der Waals surface area contributed by atoms with Crippen LogP contribution in [0.3, 0.4) is 0 Å². The highest BCUT2D eigenvalue weighted by Gasteiger charge is 2.30. The second-order valence-electron chi connectivity index (χ2n) is 5.03. The summed E-state index contributed by atoms with van der Waals surface area (Å²) in [6, 6.07) is 12.1. The first-order valence-corrected chi connectivity index (χ1v) is 8.20. The Balaban J connectivity index is 2.10. The maximum Gasteiger partial charge on any atom is 0.330 e. The van der Waals surface area contributed by atoms with E-state index in [2.05, 4.69) is 0 Å². The Hall–Kier alpha value is -2.71. The van der Waals surface area contributed by atoms with Crippen molar-refractivity contribution in [1.29, 1.82) is 0 Å². The van der Waals surface area contributed by atoms with Gasteiger partial charge in [-0.1, -0.05) is 24.3 Å². The van der Waals surface area contributed by atoms with Crippen LogP contribution >= 0.6 is 0 Å². The Morgan fingerprint density at radius 2 is 1.83 bits per heavy atom. The topological polar surface area (TPSA) is 116 Å². The van der Waals surface area contributed by atoms with E-state index in [0.717, 1.165) is 21.6 Å². The van der Waals surface area contributed by atoms with Gasteiger partial charge in [0.2, 0.25) is 5.88 Å². The summed E-state index contributed by atoms with van der Waals surface area (Å²) in [6.45, 7) is 0.389. The van der Waals surface area contributed by atoms with Crippen molar-refractivity contribution in [3.05, 3.63) is 60.1 Å². The Morgan fingerprint density at radius 3 is 2.48 bits per heavy atom. The van der Waals surface area contributed by atoms with Crippen LogP contribution in [0.25, 0.3) is 11.1 Å². The van der Waals surface area contributed by atoms with Gasteiger partial charge in [-0.25, -0.2) is 9.03 Å². The average molecular weight is 333 g/mol. The van der Waals surface area contributed by atoms with Crippen LogP contribution in [-0.2, 0) is 16.8 Å². The molecular formula is C15H15N3O4S. The molecule has 0 saturated carbocycles. The number of nitrogens with one attached hydrogen (secondary N) is 1. The zero-order valence-corrected chi connectivity index (χ0v) is 12.8. The van der Waals surface area contributed by atoms with E-state index in [4.69, 9.17) is 5.73 Å². The summed E-state index contributed by atoms with van der Waals surface area (Å²) in [5.41, 5.74) is 8.16. The van der Waals surface area contributed by atoms with Gasteiger partial charge in [-0.2, -0.15) is 8.42 Å². The molecule has 120 valence electrons. The number of hydrogen-bond donors (Lipinski definition) is 4. The molecule has 1 aliphatic heterocycles. The normalized spacial score (nSPS) is 16.0. The zero-order valence-electron chi connectivity index (χ0n) is 12.0. The van der Waals surface area contributed by atoms with Crippen LogP contribution in [0.15, 0.2) is 54.5 Å². The molecule has 3 rings (SSSR count). The summed E-state index contributed by atoms with van der Waals surface area (Å²) in [4.78, 5) is 0. The van der Waals surface area contributed by atoms with E-state index in [0.29, 0.717) is 12.1 Å². The number of aliphatic hydroxyl groups is 1. The first kappa shape index (κ1) is 15.2. The molecule has 0 radical (unpaired) electrons. The molecule has 0 spiro atoms. The number of rotatable bonds is 3. The number of benzene rings is 2. The van der Waals surface area contributed by atoms with Crippen molar-refractivity contribution in [2.24, 2.45) is 5.73 Å². The summed E-state index contributed by atoms with van der Waals surface area (Å²) in [7, 11) is -3.96. The zero-order chi connectivity index (χ0) is 16.6. The quantitative estimate of drug-likeness (QED) is 0.680. The maximum absolute atomic E-state index is 11.9. The van der Waals surface area contributed by atoms with E-state index < -0.39 is 16.1 Å². The third-order valence-electron chi connectivity index (χ3n) is 3.44. The Labute approximate surface area is 133 Å². The molecule has 5 N–H and O–H groups in total. The molecule has 2 aromatic rings. The van der Waals surface area contributed by atoms with Crippen LogP contribution in [0, 0.1) is 0 Å². The highest BCUT2D eigenvalue weighted by molar-refractivity contribution is 7.91. The number of phenolic OH excluding ortho intramolecular Hbond substituents is 1. The molecule has 0 saturated heterocycles. The van der Waals surface area contributed by atoms with E-state index in [-0.39, 0.29) is 11.4 Å². The molecule has 23 heavy (non-hydrogen) atoms. The van der Waals surface area contributed by atoms with Gasteiger partial charge in [-0.15, -0.1) is 0 Å². The van der Waals surface area contributed by atoms with Crippen LogP contribution in [-0.4, -0.2) is 18.6 Å². The minimum Gasteiger partial charge on any atom is -0.506 e. The van der Waals surface area contributed by atoms with Gasteiger partial charge in [-0.05, 0) is 34.9 Å². The molecule has 2 aromatic carbocycles. The molecule has 0 fully saturated rings. The van der Waals surface area contributed by atoms with Crippen molar-refractivity contribution < 1.29 is 18.6 Å². The smallest absolute Gasteiger partial charge is 0.330 e. The molecule has 0 bridgehead atoms. The van der Waals surface area contributed by atoms with Gasteiger partial charge in [0.1, 0.15) is 11.4 Å². The Kier molecular flexibility index (Phi) is 3.63. The number of aromatic hydroxyl groups is 1. The first-order valence-electron chi connectivity index (χ1n) is 6.76. The number of aliphatic hydroxyl groups excluding tert-OH is 1. The fourth-order valence-electron chi connectivity index (χ4n) is 2.34. The summed E-state index contributed by atoms with van der Waals surface area (Å²) >= 11 is 0. The third kappa shape index (κ3) is 2.81. The summed E-state index contributed by atoms with van der Waals surface area (Å²) in [6.07, 6.45) is 0.991. The van der Waals surface area contributed by atoms with Gasteiger partial charge in [0.05, 0.1) is 6.20 Å². The molecule has 1 aliphatic rings. The molecular weight excluding hydrogens is 318 g/mol. The molecule has 0 atom stereocenters. The molecule has 0 amide bonds. The van der Waals surface area contributed by atoms with E-state index in [9.17, 15) is 18.6 Å². The highest BCUT2D eigenvalue weighted by atomic mass is 32.2. The lowest BCUT2D eigenvalue weighted by Gasteiger charge is -2.16. The van der Waals surface area contributed by atoms with Crippen molar-refractivity contribution in [3.63, 3.8) is 0 Å². The van der Waals surface area contributed by atoms with Crippen molar-refractivity contribution in [3.8, 4) is 16.9 Å². The van der Waals surface area contributed by atoms with Crippen LogP contribution in [0.1, 0.15) is 5.56 Å². The molecule has 0 unspecified atom stereocenters. The highest BCUT2D eigenvalue weighted by Crippen LogP contribution is 2.35. The van der Waals surface area contributed by atoms with E-state index in [1.807, 2.05) is 29.0 Å². The van der Waals surface area contributed by atoms with Gasteiger partial charge in [-0.3, -0.25) is 0 Å². The number of nitrogens with zero attached hydrogens (tertiary/aromatic N) is 1. The van der Waals surface area contributed by atoms with Crippen molar-refractivity contribution in [1.82, 2.24) is 4.72 Å². The summed E-state index contributed by atoms with van der Waals surface area (Å²) in [5.74, 6) is -0.736. The van der Waals surface area contributed by atoms with E-state index >= 15 is 0 Å². The SMILES string of the molecule is NCc1cccc(-c2ccc(O)c(N3C=C(O)NS3(=O)=O)c2)c1. The number of hydrogen-bond acceptors (Lipinski definition) is 5. The fraction of sp³-hybridized carbons (Fsp3) is 0.0667. The van der Waals surface area contributed by atoms with Gasteiger partial charge in [0.25, 0.3) is 0 Å². The van der Waals surface area contributed by atoms with Crippen LogP contribution < -0.4 is 14.8 Å². The van der Waals surface area contributed by atoms with Crippen molar-refractivity contribution >= 4 is 15.9 Å². The second-order valence-corrected chi connectivity index (χ2v) is 6.57. The Morgan fingerprint density at radius 1 is 1.09 bits per heavy atom. The fourth-order valence-corrected chi connectivity index (χ4v) is 3.40. The standard InChI is InChI=1S/C15H15N3O4S/c16-8-10-2-1-3-11(6-10)12-4-5-14(19)13(7-12)18-9-15(20)17-23(18,21)22/h1-7,9,17,19-20H,8,16H2. The van der Waals surface area contributed by atoms with Crippen LogP contribution in [0.2, 0.25) is 0 Å². The van der Waals surface area contributed by atoms with Gasteiger partial charge < -0.3 is 15.9 Å². The first-order chi connectivity index (χ1) is 10.9. The third-order valence-corrected chi connectivity index (χ3v) is 4.73. The predicted molar refractivity (Wildman–Crippen MR) is 86.7 cm³/mol. The van der Waals surface area contributed by atoms with E-state index in [1.165, 1.54) is 12.1 Å². The van der Waals surface area contributed by atoms with Gasteiger partial charge >= 0.3 is 10.2 Å². The molecule has 1 heterocycles. The van der Waals surface area contributed by atoms with Crippen LogP contribution in [0.5, 0.6) is 5.75 Å². The molecule has 7 nitrogen and oxygen atoms in total. The maximum atomic E-state index is 11.9. The number of nitrogens with two attached hydrogens (primary N) is 1. The summed E-state index contributed by atoms with van der Waals surface area (Å²) in [5, 5.41) is 19.4. The average Bonchev–Trinajstić information content (AvgIpc) is 2.80. The minimum absolute atomic E-state index is 0.0391. The molecule has 0 aliphatic carbocycles. The summed E-state index contributed by atoms with van der Waals surface area (Å²) < 4.78 is 26.6. The minimum atomic E-state index is -3.96. The number of phenols is 1. The molecule has 8 heteroatoms. The molecule has 0 aromatic heterocycles. The lowest BCUT2D eigenvalue weighted by molar-refractivity contribution is 0.392. The van der Waals surface area contributed by atoms with Gasteiger partial charge in [0.15, 0.2) is 0 Å².